The van der Waals surface area contributed by atoms with E-state index in [-0.39, 0.29) is 5.54 Å². The number of hydrogen-bond donors (Lipinski definition) is 1. The summed E-state index contributed by atoms with van der Waals surface area (Å²) in [6.07, 6.45) is 6.94. The molecule has 0 amide bonds. The summed E-state index contributed by atoms with van der Waals surface area (Å²) >= 11 is 6.33. The fourth-order valence-corrected chi connectivity index (χ4v) is 3.39. The van der Waals surface area contributed by atoms with Crippen LogP contribution >= 0.6 is 11.6 Å². The first-order valence-electron chi connectivity index (χ1n) is 7.31. The van der Waals surface area contributed by atoms with E-state index in [4.69, 9.17) is 11.6 Å². The highest BCUT2D eigenvalue weighted by Crippen LogP contribution is 2.40. The second-order valence-electron chi connectivity index (χ2n) is 6.78. The molecular formula is C15H26ClN3. The van der Waals surface area contributed by atoms with E-state index in [9.17, 15) is 0 Å². The molecular weight excluding hydrogens is 258 g/mol. The molecule has 0 bridgehead atoms. The molecule has 1 fully saturated rings. The lowest BCUT2D eigenvalue weighted by Gasteiger charge is -2.34. The zero-order valence-corrected chi connectivity index (χ0v) is 13.3. The van der Waals surface area contributed by atoms with Crippen LogP contribution < -0.4 is 5.32 Å². The normalized spacial score (nSPS) is 24.7. The highest BCUT2D eigenvalue weighted by Gasteiger charge is 2.30. The lowest BCUT2D eigenvalue weighted by Crippen LogP contribution is -2.41. The first-order chi connectivity index (χ1) is 8.88. The maximum absolute atomic E-state index is 6.33. The van der Waals surface area contributed by atoms with Crippen LogP contribution in [0, 0.1) is 5.92 Å². The van der Waals surface area contributed by atoms with Gasteiger partial charge in [0.15, 0.2) is 0 Å². The Kier molecular flexibility index (Phi) is 4.57. The van der Waals surface area contributed by atoms with Crippen molar-refractivity contribution in [1.82, 2.24) is 15.1 Å². The maximum Gasteiger partial charge on any atom is 0.0820 e. The molecule has 2 unspecified atom stereocenters. The van der Waals surface area contributed by atoms with Gasteiger partial charge in [-0.15, -0.1) is 0 Å². The molecule has 0 aromatic carbocycles. The number of aromatic nitrogens is 2. The molecule has 2 rings (SSSR count). The summed E-state index contributed by atoms with van der Waals surface area (Å²) in [5, 5.41) is 8.78. The monoisotopic (exact) mass is 283 g/mol. The van der Waals surface area contributed by atoms with Gasteiger partial charge in [0, 0.05) is 18.5 Å². The molecule has 4 heteroatoms. The van der Waals surface area contributed by atoms with Crippen molar-refractivity contribution in [2.45, 2.75) is 57.9 Å². The van der Waals surface area contributed by atoms with Gasteiger partial charge in [-0.05, 0) is 46.1 Å². The first kappa shape index (κ1) is 14.9. The Balaban J connectivity index is 2.12. The van der Waals surface area contributed by atoms with Gasteiger partial charge in [0.25, 0.3) is 0 Å². The Morgan fingerprint density at radius 2 is 2.05 bits per heavy atom. The van der Waals surface area contributed by atoms with Crippen LogP contribution in [0.4, 0.5) is 0 Å². The lowest BCUT2D eigenvalue weighted by atomic mass is 9.77. The summed E-state index contributed by atoms with van der Waals surface area (Å²) in [4.78, 5) is 0. The molecule has 1 aromatic rings. The van der Waals surface area contributed by atoms with Crippen molar-refractivity contribution < 1.29 is 0 Å². The van der Waals surface area contributed by atoms with Crippen molar-refractivity contribution in [3.05, 3.63) is 16.9 Å². The smallest absolute Gasteiger partial charge is 0.0820 e. The number of rotatable bonds is 3. The second kappa shape index (κ2) is 5.84. The molecule has 0 aliphatic heterocycles. The Hall–Kier alpha value is -0.540. The zero-order valence-electron chi connectivity index (χ0n) is 12.5. The quantitative estimate of drug-likeness (QED) is 0.916. The van der Waals surface area contributed by atoms with E-state index in [0.29, 0.717) is 11.8 Å². The van der Waals surface area contributed by atoms with Gasteiger partial charge in [0.2, 0.25) is 0 Å². The third-order valence-corrected chi connectivity index (χ3v) is 4.38. The van der Waals surface area contributed by atoms with Crippen LogP contribution in [-0.2, 0) is 7.05 Å². The molecule has 1 aliphatic rings. The zero-order chi connectivity index (χ0) is 14.0. The van der Waals surface area contributed by atoms with Gasteiger partial charge < -0.3 is 5.32 Å². The van der Waals surface area contributed by atoms with E-state index in [1.54, 1.807) is 6.20 Å². The molecule has 0 spiro atoms. The Bertz CT molecular complexity index is 400. The van der Waals surface area contributed by atoms with Crippen molar-refractivity contribution >= 4 is 11.6 Å². The number of halogens is 1. The van der Waals surface area contributed by atoms with E-state index >= 15 is 0 Å². The summed E-state index contributed by atoms with van der Waals surface area (Å²) in [6.45, 7) is 7.74. The third kappa shape index (κ3) is 3.73. The maximum atomic E-state index is 6.33. The summed E-state index contributed by atoms with van der Waals surface area (Å²) in [5.41, 5.74) is 1.40. The number of nitrogens with one attached hydrogen (secondary N) is 1. The van der Waals surface area contributed by atoms with Crippen molar-refractivity contribution in [3.8, 4) is 0 Å². The largest absolute Gasteiger partial charge is 0.312 e. The van der Waals surface area contributed by atoms with Gasteiger partial charge in [-0.25, -0.2) is 0 Å². The fourth-order valence-electron chi connectivity index (χ4n) is 3.09. The molecule has 1 aromatic heterocycles. The van der Waals surface area contributed by atoms with E-state index in [1.165, 1.54) is 31.4 Å². The fraction of sp³-hybridized carbons (Fsp3) is 0.800. The van der Waals surface area contributed by atoms with Gasteiger partial charge in [0.05, 0.1) is 16.9 Å². The average Bonchev–Trinajstić information content (AvgIpc) is 2.66. The minimum absolute atomic E-state index is 0.179. The summed E-state index contributed by atoms with van der Waals surface area (Å²) in [7, 11) is 2.00. The van der Waals surface area contributed by atoms with Crippen LogP contribution in [0.25, 0.3) is 0 Å². The van der Waals surface area contributed by atoms with E-state index in [1.807, 2.05) is 11.7 Å². The number of nitrogens with zero attached hydrogens (tertiary/aromatic N) is 2. The van der Waals surface area contributed by atoms with E-state index < -0.39 is 0 Å². The van der Waals surface area contributed by atoms with Crippen LogP contribution in [0.5, 0.6) is 0 Å². The molecule has 0 saturated heterocycles. The summed E-state index contributed by atoms with van der Waals surface area (Å²) in [5.74, 6) is 1.21. The second-order valence-corrected chi connectivity index (χ2v) is 7.19. The predicted molar refractivity (Wildman–Crippen MR) is 80.7 cm³/mol. The van der Waals surface area contributed by atoms with Crippen LogP contribution in [0.2, 0.25) is 5.02 Å². The Labute approximate surface area is 121 Å². The average molecular weight is 284 g/mol. The minimum atomic E-state index is 0.179. The highest BCUT2D eigenvalue weighted by molar-refractivity contribution is 6.31. The van der Waals surface area contributed by atoms with Crippen LogP contribution in [0.15, 0.2) is 6.20 Å². The van der Waals surface area contributed by atoms with Gasteiger partial charge in [0.1, 0.15) is 0 Å². The standard InChI is InChI=1S/C15H26ClN3/c1-15(2,3)17-9-11-7-5-6-8-12(11)14-13(16)10-18-19(14)4/h10-12,17H,5-9H2,1-4H3. The SMILES string of the molecule is Cn1ncc(Cl)c1C1CCCCC1CNC(C)(C)C. The highest BCUT2D eigenvalue weighted by atomic mass is 35.5. The number of aryl methyl sites for hydroxylation is 1. The van der Waals surface area contributed by atoms with Crippen molar-refractivity contribution in [2.24, 2.45) is 13.0 Å². The van der Waals surface area contributed by atoms with Gasteiger partial charge in [-0.3, -0.25) is 4.68 Å². The molecule has 3 nitrogen and oxygen atoms in total. The van der Waals surface area contributed by atoms with E-state index in [2.05, 4.69) is 31.2 Å². The van der Waals surface area contributed by atoms with Gasteiger partial charge in [-0.2, -0.15) is 5.10 Å². The first-order valence-corrected chi connectivity index (χ1v) is 7.68. The molecule has 1 aliphatic carbocycles. The van der Waals surface area contributed by atoms with Crippen LogP contribution in [-0.4, -0.2) is 21.9 Å². The Morgan fingerprint density at radius 1 is 1.37 bits per heavy atom. The lowest BCUT2D eigenvalue weighted by molar-refractivity contribution is 0.262. The molecule has 0 radical (unpaired) electrons. The third-order valence-electron chi connectivity index (χ3n) is 4.09. The molecule has 2 atom stereocenters. The molecule has 108 valence electrons. The van der Waals surface area contributed by atoms with Crippen LogP contribution in [0.1, 0.15) is 58.1 Å². The Morgan fingerprint density at radius 3 is 2.63 bits per heavy atom. The predicted octanol–water partition coefficient (Wildman–Crippen LogP) is 3.74. The number of hydrogen-bond acceptors (Lipinski definition) is 2. The minimum Gasteiger partial charge on any atom is -0.312 e. The molecule has 19 heavy (non-hydrogen) atoms. The topological polar surface area (TPSA) is 29.9 Å². The molecule has 1 saturated carbocycles. The van der Waals surface area contributed by atoms with E-state index in [0.717, 1.165) is 11.6 Å². The van der Waals surface area contributed by atoms with Crippen molar-refractivity contribution in [3.63, 3.8) is 0 Å². The molecule has 1 N–H and O–H groups in total. The summed E-state index contributed by atoms with van der Waals surface area (Å²) in [6, 6.07) is 0. The molecule has 1 heterocycles. The summed E-state index contributed by atoms with van der Waals surface area (Å²) < 4.78 is 1.96. The van der Waals surface area contributed by atoms with Crippen molar-refractivity contribution in [2.75, 3.05) is 6.54 Å². The van der Waals surface area contributed by atoms with Gasteiger partial charge in [-0.1, -0.05) is 24.4 Å². The van der Waals surface area contributed by atoms with Crippen molar-refractivity contribution in [1.29, 1.82) is 0 Å². The van der Waals surface area contributed by atoms with Crippen LogP contribution in [0.3, 0.4) is 0 Å². The van der Waals surface area contributed by atoms with Gasteiger partial charge >= 0.3 is 0 Å².